The van der Waals surface area contributed by atoms with Gasteiger partial charge in [0.15, 0.2) is 0 Å². The third-order valence-corrected chi connectivity index (χ3v) is 2.77. The fourth-order valence-electron chi connectivity index (χ4n) is 2.01. The molecule has 0 aromatic heterocycles. The van der Waals surface area contributed by atoms with Crippen LogP contribution in [0.25, 0.3) is 0 Å². The summed E-state index contributed by atoms with van der Waals surface area (Å²) in [6.07, 6.45) is 2.08. The molecule has 2 N–H and O–H groups in total. The second-order valence-corrected chi connectivity index (χ2v) is 4.01. The molecule has 0 fully saturated rings. The Labute approximate surface area is 89.9 Å². The quantitative estimate of drug-likeness (QED) is 0.749. The number of hydrogen-bond donors (Lipinski definition) is 1. The third-order valence-electron chi connectivity index (χ3n) is 2.77. The standard InChI is InChI=1S/C12H16N2O/c1-9(13)12(15)14-8-4-6-10-5-2-3-7-11(10)14/h2-3,5,7,9H,4,6,8,13H2,1H3. The van der Waals surface area contributed by atoms with Crippen molar-refractivity contribution < 1.29 is 4.79 Å². The number of para-hydroxylation sites is 1. The minimum Gasteiger partial charge on any atom is -0.320 e. The molecule has 1 aliphatic rings. The maximum atomic E-state index is 11.9. The third kappa shape index (κ3) is 1.88. The van der Waals surface area contributed by atoms with E-state index < -0.39 is 6.04 Å². The Morgan fingerprint density at radius 2 is 2.20 bits per heavy atom. The second-order valence-electron chi connectivity index (χ2n) is 4.01. The zero-order chi connectivity index (χ0) is 10.8. The van der Waals surface area contributed by atoms with Gasteiger partial charge in [-0.3, -0.25) is 4.79 Å². The summed E-state index contributed by atoms with van der Waals surface area (Å²) < 4.78 is 0. The smallest absolute Gasteiger partial charge is 0.243 e. The first-order valence-electron chi connectivity index (χ1n) is 5.35. The van der Waals surface area contributed by atoms with E-state index >= 15 is 0 Å². The van der Waals surface area contributed by atoms with E-state index in [1.807, 2.05) is 23.1 Å². The summed E-state index contributed by atoms with van der Waals surface area (Å²) >= 11 is 0. The predicted molar refractivity (Wildman–Crippen MR) is 60.8 cm³/mol. The number of amides is 1. The highest BCUT2D eigenvalue weighted by atomic mass is 16.2. The van der Waals surface area contributed by atoms with E-state index in [1.165, 1.54) is 5.56 Å². The van der Waals surface area contributed by atoms with Crippen LogP contribution in [0, 0.1) is 0 Å². The van der Waals surface area contributed by atoms with Crippen LogP contribution in [0.2, 0.25) is 0 Å². The zero-order valence-electron chi connectivity index (χ0n) is 8.94. The van der Waals surface area contributed by atoms with Gasteiger partial charge in [0.1, 0.15) is 0 Å². The van der Waals surface area contributed by atoms with Crippen molar-refractivity contribution in [3.63, 3.8) is 0 Å². The molecule has 80 valence electrons. The van der Waals surface area contributed by atoms with Crippen LogP contribution in [-0.4, -0.2) is 18.5 Å². The number of nitrogens with two attached hydrogens (primary N) is 1. The summed E-state index contributed by atoms with van der Waals surface area (Å²) in [7, 11) is 0. The van der Waals surface area contributed by atoms with Gasteiger partial charge < -0.3 is 10.6 Å². The Morgan fingerprint density at radius 3 is 2.93 bits per heavy atom. The van der Waals surface area contributed by atoms with Crippen molar-refractivity contribution in [2.45, 2.75) is 25.8 Å². The molecule has 2 rings (SSSR count). The predicted octanol–water partition coefficient (Wildman–Crippen LogP) is 1.31. The molecule has 0 spiro atoms. The molecule has 0 radical (unpaired) electrons. The van der Waals surface area contributed by atoms with Gasteiger partial charge in [-0.15, -0.1) is 0 Å². The first-order valence-corrected chi connectivity index (χ1v) is 5.35. The zero-order valence-corrected chi connectivity index (χ0v) is 8.94. The van der Waals surface area contributed by atoms with E-state index in [1.54, 1.807) is 6.92 Å². The summed E-state index contributed by atoms with van der Waals surface area (Å²) in [6, 6.07) is 7.63. The van der Waals surface area contributed by atoms with Crippen molar-refractivity contribution in [3.05, 3.63) is 29.8 Å². The highest BCUT2D eigenvalue weighted by Gasteiger charge is 2.23. The first-order chi connectivity index (χ1) is 7.20. The molecule has 3 heteroatoms. The molecule has 0 saturated carbocycles. The summed E-state index contributed by atoms with van der Waals surface area (Å²) in [4.78, 5) is 13.7. The molecule has 0 saturated heterocycles. The van der Waals surface area contributed by atoms with Gasteiger partial charge in [-0.05, 0) is 31.4 Å². The van der Waals surface area contributed by atoms with Crippen LogP contribution in [0.3, 0.4) is 0 Å². The molecule has 1 aromatic carbocycles. The maximum absolute atomic E-state index is 11.9. The Morgan fingerprint density at radius 1 is 1.47 bits per heavy atom. The molecule has 1 amide bonds. The minimum absolute atomic E-state index is 0.0159. The van der Waals surface area contributed by atoms with Crippen molar-refractivity contribution >= 4 is 11.6 Å². The molecular weight excluding hydrogens is 188 g/mol. The van der Waals surface area contributed by atoms with E-state index in [2.05, 4.69) is 6.07 Å². The molecule has 1 aromatic rings. The van der Waals surface area contributed by atoms with Crippen LogP contribution in [0.1, 0.15) is 18.9 Å². The Bertz CT molecular complexity index is 374. The monoisotopic (exact) mass is 204 g/mol. The molecule has 0 bridgehead atoms. The first kappa shape index (κ1) is 10.2. The van der Waals surface area contributed by atoms with Crippen molar-refractivity contribution in [3.8, 4) is 0 Å². The lowest BCUT2D eigenvalue weighted by molar-refractivity contribution is -0.119. The molecule has 15 heavy (non-hydrogen) atoms. The molecule has 3 nitrogen and oxygen atoms in total. The van der Waals surface area contributed by atoms with E-state index in [9.17, 15) is 4.79 Å². The highest BCUT2D eigenvalue weighted by Crippen LogP contribution is 2.26. The fraction of sp³-hybridized carbons (Fsp3) is 0.417. The number of nitrogens with zero attached hydrogens (tertiary/aromatic N) is 1. The summed E-state index contributed by atoms with van der Waals surface area (Å²) in [5, 5.41) is 0. The molecule has 0 aliphatic carbocycles. The topological polar surface area (TPSA) is 46.3 Å². The van der Waals surface area contributed by atoms with Gasteiger partial charge in [0.05, 0.1) is 6.04 Å². The summed E-state index contributed by atoms with van der Waals surface area (Å²) in [6.45, 7) is 2.52. The fourth-order valence-corrected chi connectivity index (χ4v) is 2.01. The number of anilines is 1. The number of carbonyl (C=O) groups excluding carboxylic acids is 1. The van der Waals surface area contributed by atoms with Gasteiger partial charge >= 0.3 is 0 Å². The Hall–Kier alpha value is -1.35. The van der Waals surface area contributed by atoms with E-state index in [-0.39, 0.29) is 5.91 Å². The van der Waals surface area contributed by atoms with Crippen LogP contribution in [0.5, 0.6) is 0 Å². The lowest BCUT2D eigenvalue weighted by Gasteiger charge is -2.30. The van der Waals surface area contributed by atoms with Gasteiger partial charge in [0.2, 0.25) is 5.91 Å². The number of benzene rings is 1. The van der Waals surface area contributed by atoms with Crippen molar-refractivity contribution in [2.75, 3.05) is 11.4 Å². The van der Waals surface area contributed by atoms with Crippen molar-refractivity contribution in [1.29, 1.82) is 0 Å². The highest BCUT2D eigenvalue weighted by molar-refractivity contribution is 5.97. The summed E-state index contributed by atoms with van der Waals surface area (Å²) in [5.74, 6) is 0.0159. The molecule has 1 atom stereocenters. The molecule has 1 heterocycles. The molecule has 1 unspecified atom stereocenters. The lowest BCUT2D eigenvalue weighted by atomic mass is 10.0. The van der Waals surface area contributed by atoms with E-state index in [0.29, 0.717) is 0 Å². The number of rotatable bonds is 1. The number of fused-ring (bicyclic) bond motifs is 1. The van der Waals surface area contributed by atoms with Crippen molar-refractivity contribution in [2.24, 2.45) is 5.73 Å². The van der Waals surface area contributed by atoms with Crippen molar-refractivity contribution in [1.82, 2.24) is 0 Å². The molecule has 1 aliphatic heterocycles. The Kier molecular flexibility index (Phi) is 2.73. The SMILES string of the molecule is CC(N)C(=O)N1CCCc2ccccc21. The largest absolute Gasteiger partial charge is 0.320 e. The second kappa shape index (κ2) is 4.03. The lowest BCUT2D eigenvalue weighted by Crippen LogP contribution is -2.44. The number of aryl methyl sites for hydroxylation is 1. The number of hydrogen-bond acceptors (Lipinski definition) is 2. The average Bonchev–Trinajstić information content (AvgIpc) is 2.27. The van der Waals surface area contributed by atoms with Gasteiger partial charge in [0, 0.05) is 12.2 Å². The molecular formula is C12H16N2O. The van der Waals surface area contributed by atoms with Gasteiger partial charge in [-0.1, -0.05) is 18.2 Å². The van der Waals surface area contributed by atoms with Gasteiger partial charge in [-0.2, -0.15) is 0 Å². The summed E-state index contributed by atoms with van der Waals surface area (Å²) in [5.41, 5.74) is 7.91. The van der Waals surface area contributed by atoms with Crippen LogP contribution in [0.4, 0.5) is 5.69 Å². The Balaban J connectivity index is 2.34. The van der Waals surface area contributed by atoms with Crippen LogP contribution in [-0.2, 0) is 11.2 Å². The normalized spacial score (nSPS) is 17.1. The van der Waals surface area contributed by atoms with Gasteiger partial charge in [0.25, 0.3) is 0 Å². The van der Waals surface area contributed by atoms with E-state index in [4.69, 9.17) is 5.73 Å². The van der Waals surface area contributed by atoms with Crippen LogP contribution < -0.4 is 10.6 Å². The number of carbonyl (C=O) groups is 1. The average molecular weight is 204 g/mol. The maximum Gasteiger partial charge on any atom is 0.243 e. The van der Waals surface area contributed by atoms with Crippen LogP contribution in [0.15, 0.2) is 24.3 Å². The van der Waals surface area contributed by atoms with Gasteiger partial charge in [-0.25, -0.2) is 0 Å². The minimum atomic E-state index is -0.420. The van der Waals surface area contributed by atoms with E-state index in [0.717, 1.165) is 25.1 Å². The van der Waals surface area contributed by atoms with Crippen LogP contribution >= 0.6 is 0 Å².